The highest BCUT2D eigenvalue weighted by Crippen LogP contribution is 2.21. The number of hydrogen-bond donors (Lipinski definition) is 0. The van der Waals surface area contributed by atoms with Crippen LogP contribution in [-0.4, -0.2) is 53.3 Å². The quantitative estimate of drug-likeness (QED) is 0.765. The summed E-state index contributed by atoms with van der Waals surface area (Å²) in [4.78, 5) is 11.3. The van der Waals surface area contributed by atoms with Crippen LogP contribution >= 0.6 is 0 Å². The van der Waals surface area contributed by atoms with Crippen LogP contribution in [0.5, 0.6) is 5.88 Å². The van der Waals surface area contributed by atoms with Gasteiger partial charge >= 0.3 is 0 Å². The first-order chi connectivity index (χ1) is 11.3. The van der Waals surface area contributed by atoms with Crippen LogP contribution in [0.25, 0.3) is 0 Å². The third kappa shape index (κ3) is 5.71. The van der Waals surface area contributed by atoms with Crippen molar-refractivity contribution in [1.29, 1.82) is 0 Å². The Labute approximate surface area is 146 Å². The molecule has 1 fully saturated rings. The van der Waals surface area contributed by atoms with Gasteiger partial charge in [-0.05, 0) is 19.3 Å². The molecule has 2 rings (SSSR count). The number of nitrogens with zero attached hydrogens (tertiary/aromatic N) is 3. The van der Waals surface area contributed by atoms with Gasteiger partial charge in [-0.25, -0.2) is 4.98 Å². The van der Waals surface area contributed by atoms with Gasteiger partial charge < -0.3 is 9.47 Å². The maximum absolute atomic E-state index is 5.98. The standard InChI is InChI=1S/C19H33N3O2/c1-14(2)15(3)23-10-9-22-8-7-16(13-22)24-18-12-20-17(11-21-18)19(4,5)6/h11-12,14-16H,7-10,13H2,1-6H3/t15-,16?/m0/s1. The second-order valence-electron chi connectivity index (χ2n) is 8.14. The average molecular weight is 335 g/mol. The number of likely N-dealkylation sites (tertiary alicyclic amines) is 1. The molecule has 1 aromatic heterocycles. The number of ether oxygens (including phenoxy) is 2. The summed E-state index contributed by atoms with van der Waals surface area (Å²) in [7, 11) is 0. The molecule has 0 radical (unpaired) electrons. The molecule has 0 aromatic carbocycles. The monoisotopic (exact) mass is 335 g/mol. The van der Waals surface area contributed by atoms with Crippen molar-refractivity contribution in [2.75, 3.05) is 26.2 Å². The Balaban J connectivity index is 1.74. The van der Waals surface area contributed by atoms with E-state index >= 15 is 0 Å². The summed E-state index contributed by atoms with van der Waals surface area (Å²) >= 11 is 0. The van der Waals surface area contributed by atoms with E-state index in [0.717, 1.165) is 38.4 Å². The van der Waals surface area contributed by atoms with E-state index < -0.39 is 0 Å². The third-order valence-corrected chi connectivity index (χ3v) is 4.64. The van der Waals surface area contributed by atoms with Gasteiger partial charge in [0.25, 0.3) is 0 Å². The zero-order valence-corrected chi connectivity index (χ0v) is 16.1. The second-order valence-corrected chi connectivity index (χ2v) is 8.14. The van der Waals surface area contributed by atoms with Crippen molar-refractivity contribution in [3.63, 3.8) is 0 Å². The molecule has 136 valence electrons. The van der Waals surface area contributed by atoms with Crippen LogP contribution in [0, 0.1) is 5.92 Å². The lowest BCUT2D eigenvalue weighted by atomic mass is 9.93. The van der Waals surface area contributed by atoms with E-state index in [1.165, 1.54) is 0 Å². The second kappa shape index (κ2) is 8.26. The fourth-order valence-electron chi connectivity index (χ4n) is 2.59. The van der Waals surface area contributed by atoms with Crippen LogP contribution < -0.4 is 4.74 Å². The van der Waals surface area contributed by atoms with Crippen LogP contribution in [-0.2, 0) is 10.2 Å². The van der Waals surface area contributed by atoms with Gasteiger partial charge in [0.05, 0.1) is 30.8 Å². The molecule has 0 amide bonds. The Hall–Kier alpha value is -1.20. The van der Waals surface area contributed by atoms with Crippen molar-refractivity contribution < 1.29 is 9.47 Å². The molecule has 1 saturated heterocycles. The maximum atomic E-state index is 5.98. The van der Waals surface area contributed by atoms with Gasteiger partial charge in [-0.3, -0.25) is 9.88 Å². The first-order valence-electron chi connectivity index (χ1n) is 9.09. The smallest absolute Gasteiger partial charge is 0.232 e. The summed E-state index contributed by atoms with van der Waals surface area (Å²) in [6.07, 6.45) is 5.11. The largest absolute Gasteiger partial charge is 0.472 e. The van der Waals surface area contributed by atoms with Gasteiger partial charge in [0.2, 0.25) is 5.88 Å². The molecule has 0 N–H and O–H groups in total. The molecule has 0 bridgehead atoms. The highest BCUT2D eigenvalue weighted by atomic mass is 16.5. The van der Waals surface area contributed by atoms with Crippen LogP contribution in [0.3, 0.4) is 0 Å². The highest BCUT2D eigenvalue weighted by molar-refractivity contribution is 5.13. The van der Waals surface area contributed by atoms with Crippen LogP contribution in [0.4, 0.5) is 0 Å². The molecular formula is C19H33N3O2. The summed E-state index contributed by atoms with van der Waals surface area (Å²) in [6, 6.07) is 0. The first kappa shape index (κ1) is 19.1. The van der Waals surface area contributed by atoms with E-state index in [1.807, 2.05) is 6.20 Å². The minimum Gasteiger partial charge on any atom is -0.472 e. The van der Waals surface area contributed by atoms with Crippen LogP contribution in [0.2, 0.25) is 0 Å². The van der Waals surface area contributed by atoms with Crippen molar-refractivity contribution in [3.05, 3.63) is 18.1 Å². The Morgan fingerprint density at radius 2 is 1.96 bits per heavy atom. The number of hydrogen-bond acceptors (Lipinski definition) is 5. The Bertz CT molecular complexity index is 496. The molecule has 5 nitrogen and oxygen atoms in total. The fraction of sp³-hybridized carbons (Fsp3) is 0.789. The lowest BCUT2D eigenvalue weighted by Gasteiger charge is -2.20. The average Bonchev–Trinajstić information content (AvgIpc) is 2.94. The molecule has 0 spiro atoms. The molecule has 1 aliphatic heterocycles. The molecule has 2 heterocycles. The minimum atomic E-state index is 0.0167. The predicted molar refractivity (Wildman–Crippen MR) is 96.5 cm³/mol. The van der Waals surface area contributed by atoms with E-state index in [-0.39, 0.29) is 11.5 Å². The Kier molecular flexibility index (Phi) is 6.58. The van der Waals surface area contributed by atoms with Gasteiger partial charge in [0, 0.05) is 25.0 Å². The van der Waals surface area contributed by atoms with Gasteiger partial charge in [-0.2, -0.15) is 0 Å². The summed E-state index contributed by atoms with van der Waals surface area (Å²) in [6.45, 7) is 16.7. The van der Waals surface area contributed by atoms with E-state index in [2.05, 4.69) is 56.4 Å². The number of rotatable bonds is 7. The lowest BCUT2D eigenvalue weighted by Crippen LogP contribution is -2.30. The van der Waals surface area contributed by atoms with Crippen LogP contribution in [0.1, 0.15) is 53.7 Å². The van der Waals surface area contributed by atoms with E-state index in [0.29, 0.717) is 17.9 Å². The topological polar surface area (TPSA) is 47.5 Å². The van der Waals surface area contributed by atoms with Crippen molar-refractivity contribution in [3.8, 4) is 5.88 Å². The molecule has 24 heavy (non-hydrogen) atoms. The highest BCUT2D eigenvalue weighted by Gasteiger charge is 2.24. The predicted octanol–water partition coefficient (Wildman–Crippen LogP) is 3.29. The molecule has 0 saturated carbocycles. The molecule has 1 unspecified atom stereocenters. The van der Waals surface area contributed by atoms with Crippen molar-refractivity contribution in [2.24, 2.45) is 5.92 Å². The maximum Gasteiger partial charge on any atom is 0.232 e. The van der Waals surface area contributed by atoms with E-state index in [4.69, 9.17) is 9.47 Å². The van der Waals surface area contributed by atoms with Gasteiger partial charge in [0.15, 0.2) is 0 Å². The molecule has 5 heteroatoms. The Morgan fingerprint density at radius 1 is 1.21 bits per heavy atom. The summed E-state index contributed by atoms with van der Waals surface area (Å²) in [5.41, 5.74) is 1.00. The Morgan fingerprint density at radius 3 is 2.54 bits per heavy atom. The normalized spacial score (nSPS) is 20.5. The first-order valence-corrected chi connectivity index (χ1v) is 9.09. The molecule has 1 aliphatic rings. The van der Waals surface area contributed by atoms with Crippen molar-refractivity contribution in [2.45, 2.75) is 65.6 Å². The SMILES string of the molecule is CC(C)[C@H](C)OCCN1CCC(Oc2cnc(C(C)(C)C)cn2)C1. The van der Waals surface area contributed by atoms with Crippen molar-refractivity contribution >= 4 is 0 Å². The molecular weight excluding hydrogens is 302 g/mol. The van der Waals surface area contributed by atoms with Crippen molar-refractivity contribution in [1.82, 2.24) is 14.9 Å². The zero-order chi connectivity index (χ0) is 17.7. The summed E-state index contributed by atoms with van der Waals surface area (Å²) < 4.78 is 11.8. The summed E-state index contributed by atoms with van der Waals surface area (Å²) in [5, 5.41) is 0. The van der Waals surface area contributed by atoms with Crippen LogP contribution in [0.15, 0.2) is 12.4 Å². The van der Waals surface area contributed by atoms with Gasteiger partial charge in [-0.15, -0.1) is 0 Å². The molecule has 0 aliphatic carbocycles. The lowest BCUT2D eigenvalue weighted by molar-refractivity contribution is 0.0239. The number of aromatic nitrogens is 2. The van der Waals surface area contributed by atoms with Gasteiger partial charge in [-0.1, -0.05) is 34.6 Å². The third-order valence-electron chi connectivity index (χ3n) is 4.64. The minimum absolute atomic E-state index is 0.0167. The van der Waals surface area contributed by atoms with Gasteiger partial charge in [0.1, 0.15) is 6.10 Å². The molecule has 1 aromatic rings. The fourth-order valence-corrected chi connectivity index (χ4v) is 2.59. The van der Waals surface area contributed by atoms with E-state index in [9.17, 15) is 0 Å². The molecule has 2 atom stereocenters. The summed E-state index contributed by atoms with van der Waals surface area (Å²) in [5.74, 6) is 1.19. The van der Waals surface area contributed by atoms with E-state index in [1.54, 1.807) is 6.20 Å². The zero-order valence-electron chi connectivity index (χ0n) is 16.1.